The number of non-ortho nitro benzene ring substituents is 1. The molecule has 0 radical (unpaired) electrons. The largest absolute Gasteiger partial charge is 0.288 e. The predicted octanol–water partition coefficient (Wildman–Crippen LogP) is 0.975. The van der Waals surface area contributed by atoms with Crippen LogP contribution in [-0.4, -0.2) is 31.0 Å². The Balaban J connectivity index is 2.27. The lowest BCUT2D eigenvalue weighted by Crippen LogP contribution is -2.15. The number of rotatable bonds is 3. The van der Waals surface area contributed by atoms with Gasteiger partial charge in [0.2, 0.25) is 0 Å². The monoisotopic (exact) mass is 374 g/mol. The Kier molecular flexibility index (Phi) is 3.69. The third-order valence-corrected chi connectivity index (χ3v) is 3.08. The number of anilines is 1. The summed E-state index contributed by atoms with van der Waals surface area (Å²) in [6.07, 6.45) is 0. The Bertz CT molecular complexity index is 655. The molecule has 1 heterocycles. The van der Waals surface area contributed by atoms with Crippen molar-refractivity contribution in [2.75, 3.05) is 5.32 Å². The molecule has 0 saturated carbocycles. The summed E-state index contributed by atoms with van der Waals surface area (Å²) in [5, 5.41) is 24.1. The first-order valence-corrected chi connectivity index (χ1v) is 6.04. The molecule has 0 aliphatic carbocycles. The average molecular weight is 374 g/mol. The van der Waals surface area contributed by atoms with Crippen LogP contribution in [0.15, 0.2) is 18.2 Å². The molecule has 2 aromatic rings. The fraction of sp³-hybridized carbons (Fsp3) is 0.111. The van der Waals surface area contributed by atoms with Crippen LogP contribution >= 0.6 is 22.6 Å². The summed E-state index contributed by atoms with van der Waals surface area (Å²) in [7, 11) is 1.56. The van der Waals surface area contributed by atoms with Gasteiger partial charge in [-0.2, -0.15) is 4.80 Å². The van der Waals surface area contributed by atoms with E-state index in [0.717, 1.165) is 0 Å². The third kappa shape index (κ3) is 3.01. The molecule has 0 aliphatic heterocycles. The van der Waals surface area contributed by atoms with E-state index in [1.807, 2.05) is 22.6 Å². The number of amides is 1. The third-order valence-electron chi connectivity index (χ3n) is 2.14. The molecule has 0 aliphatic rings. The summed E-state index contributed by atoms with van der Waals surface area (Å²) >= 11 is 1.92. The molecule has 0 bridgehead atoms. The maximum absolute atomic E-state index is 12.0. The zero-order valence-electron chi connectivity index (χ0n) is 9.57. The number of nitro groups is 1. The van der Waals surface area contributed by atoms with Crippen LogP contribution in [0.2, 0.25) is 0 Å². The van der Waals surface area contributed by atoms with E-state index in [9.17, 15) is 14.9 Å². The fourth-order valence-corrected chi connectivity index (χ4v) is 1.88. The molecule has 0 spiro atoms. The molecule has 1 aromatic carbocycles. The lowest BCUT2D eigenvalue weighted by atomic mass is 10.2. The van der Waals surface area contributed by atoms with Gasteiger partial charge in [0.25, 0.3) is 17.5 Å². The van der Waals surface area contributed by atoms with Crippen molar-refractivity contribution in [1.29, 1.82) is 0 Å². The zero-order valence-corrected chi connectivity index (χ0v) is 11.7. The summed E-state index contributed by atoms with van der Waals surface area (Å²) < 4.78 is 0.588. The average Bonchev–Trinajstić information content (AvgIpc) is 2.74. The van der Waals surface area contributed by atoms with Crippen LogP contribution in [0.5, 0.6) is 0 Å². The van der Waals surface area contributed by atoms with Gasteiger partial charge in [-0.25, -0.2) is 0 Å². The number of aromatic nitrogens is 4. The molecule has 10 heteroatoms. The number of halogens is 1. The van der Waals surface area contributed by atoms with Crippen LogP contribution in [-0.2, 0) is 7.05 Å². The van der Waals surface area contributed by atoms with Crippen molar-refractivity contribution in [2.45, 2.75) is 0 Å². The van der Waals surface area contributed by atoms with Crippen molar-refractivity contribution in [3.63, 3.8) is 0 Å². The summed E-state index contributed by atoms with van der Waals surface area (Å²) in [6.45, 7) is 0. The number of carbonyl (C=O) groups excluding carboxylic acids is 1. The number of tetrazole rings is 1. The van der Waals surface area contributed by atoms with E-state index in [1.54, 1.807) is 7.05 Å². The van der Waals surface area contributed by atoms with Gasteiger partial charge in [-0.1, -0.05) is 5.10 Å². The summed E-state index contributed by atoms with van der Waals surface area (Å²) in [5.41, 5.74) is 0.0277. The Morgan fingerprint density at radius 1 is 1.53 bits per heavy atom. The van der Waals surface area contributed by atoms with Gasteiger partial charge in [-0.05, 0) is 33.9 Å². The van der Waals surface area contributed by atoms with Gasteiger partial charge >= 0.3 is 0 Å². The fourth-order valence-electron chi connectivity index (χ4n) is 1.30. The molecule has 0 unspecified atom stereocenters. The smallest absolute Gasteiger partial charge is 0.270 e. The number of hydrogen-bond acceptors (Lipinski definition) is 6. The van der Waals surface area contributed by atoms with E-state index in [4.69, 9.17) is 0 Å². The molecule has 2 rings (SSSR count). The molecular weight excluding hydrogens is 367 g/mol. The minimum absolute atomic E-state index is 0.0369. The van der Waals surface area contributed by atoms with Crippen LogP contribution < -0.4 is 5.32 Å². The summed E-state index contributed by atoms with van der Waals surface area (Å²) in [5.74, 6) is -0.490. The normalized spacial score (nSPS) is 10.2. The summed E-state index contributed by atoms with van der Waals surface area (Å²) in [6, 6.07) is 4.03. The second-order valence-electron chi connectivity index (χ2n) is 3.48. The number of carbonyl (C=O) groups is 1. The number of nitrogens with one attached hydrogen (secondary N) is 1. The van der Waals surface area contributed by atoms with E-state index in [2.05, 4.69) is 20.7 Å². The summed E-state index contributed by atoms with van der Waals surface area (Å²) in [4.78, 5) is 23.3. The van der Waals surface area contributed by atoms with E-state index in [1.165, 1.54) is 23.0 Å². The number of nitrogens with zero attached hydrogens (tertiary/aromatic N) is 5. The first-order chi connectivity index (χ1) is 8.97. The molecule has 19 heavy (non-hydrogen) atoms. The van der Waals surface area contributed by atoms with Crippen molar-refractivity contribution in [3.8, 4) is 0 Å². The SMILES string of the molecule is Cn1nnc(NC(=O)c2cc([N+](=O)[O-])ccc2I)n1. The number of nitro benzene ring substituents is 1. The highest BCUT2D eigenvalue weighted by atomic mass is 127. The van der Waals surface area contributed by atoms with Crippen LogP contribution in [0.1, 0.15) is 10.4 Å². The molecule has 0 atom stereocenters. The second kappa shape index (κ2) is 5.26. The molecule has 1 amide bonds. The van der Waals surface area contributed by atoms with Gasteiger partial charge in [0.05, 0.1) is 17.5 Å². The van der Waals surface area contributed by atoms with Gasteiger partial charge in [-0.3, -0.25) is 20.2 Å². The van der Waals surface area contributed by atoms with Crippen LogP contribution in [0, 0.1) is 13.7 Å². The van der Waals surface area contributed by atoms with Crippen LogP contribution in [0.4, 0.5) is 11.6 Å². The predicted molar refractivity (Wildman–Crippen MR) is 72.6 cm³/mol. The van der Waals surface area contributed by atoms with E-state index >= 15 is 0 Å². The molecule has 0 saturated heterocycles. The Morgan fingerprint density at radius 2 is 2.26 bits per heavy atom. The van der Waals surface area contributed by atoms with Gasteiger partial charge < -0.3 is 0 Å². The molecule has 1 N–H and O–H groups in total. The van der Waals surface area contributed by atoms with Crippen molar-refractivity contribution >= 4 is 40.1 Å². The number of aryl methyl sites for hydroxylation is 1. The first kappa shape index (κ1) is 13.3. The van der Waals surface area contributed by atoms with Crippen LogP contribution in [0.25, 0.3) is 0 Å². The Labute approximate surface area is 120 Å². The van der Waals surface area contributed by atoms with Crippen LogP contribution in [0.3, 0.4) is 0 Å². The lowest BCUT2D eigenvalue weighted by molar-refractivity contribution is -0.384. The molecular formula is C9H7IN6O3. The Morgan fingerprint density at radius 3 is 2.84 bits per heavy atom. The second-order valence-corrected chi connectivity index (χ2v) is 4.64. The zero-order chi connectivity index (χ0) is 14.0. The highest BCUT2D eigenvalue weighted by molar-refractivity contribution is 14.1. The standard InChI is InChI=1S/C9H7IN6O3/c1-15-13-9(12-14-15)11-8(17)6-4-5(16(18)19)2-3-7(6)10/h2-4H,1H3,(H,11,13,17). The molecule has 1 aromatic heterocycles. The van der Waals surface area contributed by atoms with Gasteiger partial charge in [0, 0.05) is 15.7 Å². The molecule has 98 valence electrons. The van der Waals surface area contributed by atoms with E-state index < -0.39 is 10.8 Å². The Hall–Kier alpha value is -2.11. The van der Waals surface area contributed by atoms with Gasteiger partial charge in [0.1, 0.15) is 0 Å². The highest BCUT2D eigenvalue weighted by Crippen LogP contribution is 2.20. The van der Waals surface area contributed by atoms with E-state index in [0.29, 0.717) is 3.57 Å². The van der Waals surface area contributed by atoms with E-state index in [-0.39, 0.29) is 17.2 Å². The first-order valence-electron chi connectivity index (χ1n) is 4.96. The van der Waals surface area contributed by atoms with Gasteiger partial charge in [-0.15, -0.1) is 5.10 Å². The van der Waals surface area contributed by atoms with Crippen molar-refractivity contribution in [2.24, 2.45) is 7.05 Å². The maximum atomic E-state index is 12.0. The van der Waals surface area contributed by atoms with Crippen molar-refractivity contribution < 1.29 is 9.72 Å². The van der Waals surface area contributed by atoms with Gasteiger partial charge in [0.15, 0.2) is 0 Å². The lowest BCUT2D eigenvalue weighted by Gasteiger charge is -2.03. The van der Waals surface area contributed by atoms with Crippen molar-refractivity contribution in [1.82, 2.24) is 20.2 Å². The molecule has 0 fully saturated rings. The molecule has 9 nitrogen and oxygen atoms in total. The number of benzene rings is 1. The topological polar surface area (TPSA) is 116 Å². The minimum Gasteiger partial charge on any atom is -0.288 e. The number of hydrogen-bond donors (Lipinski definition) is 1. The highest BCUT2D eigenvalue weighted by Gasteiger charge is 2.16. The van der Waals surface area contributed by atoms with Crippen molar-refractivity contribution in [3.05, 3.63) is 37.4 Å². The quantitative estimate of drug-likeness (QED) is 0.486. The maximum Gasteiger partial charge on any atom is 0.270 e. The minimum atomic E-state index is -0.562.